The van der Waals surface area contributed by atoms with E-state index in [9.17, 15) is 0 Å². The zero-order valence-electron chi connectivity index (χ0n) is 7.71. The van der Waals surface area contributed by atoms with Crippen LogP contribution in [-0.4, -0.2) is 24.0 Å². The Balaban J connectivity index is 1.72. The summed E-state index contributed by atoms with van der Waals surface area (Å²) in [4.78, 5) is 2.66. The Kier molecular flexibility index (Phi) is 1.92. The molecule has 1 nitrogen and oxygen atoms in total. The van der Waals surface area contributed by atoms with Gasteiger partial charge in [0, 0.05) is 19.1 Å². The number of nitrogens with zero attached hydrogens (tertiary/aromatic N) is 1. The van der Waals surface area contributed by atoms with Crippen molar-refractivity contribution >= 4 is 0 Å². The first kappa shape index (κ1) is 7.60. The molecule has 64 valence electrons. The van der Waals surface area contributed by atoms with Gasteiger partial charge in [-0.3, -0.25) is 4.90 Å². The molecule has 11 heavy (non-hydrogen) atoms. The summed E-state index contributed by atoms with van der Waals surface area (Å²) >= 11 is 0. The summed E-state index contributed by atoms with van der Waals surface area (Å²) in [5.74, 6) is 2.09. The largest absolute Gasteiger partial charge is 0.300 e. The van der Waals surface area contributed by atoms with Crippen LogP contribution in [0.25, 0.3) is 0 Å². The maximum absolute atomic E-state index is 2.66. The van der Waals surface area contributed by atoms with Gasteiger partial charge in [0.25, 0.3) is 0 Å². The van der Waals surface area contributed by atoms with Crippen LogP contribution in [-0.2, 0) is 0 Å². The van der Waals surface area contributed by atoms with Gasteiger partial charge in [-0.2, -0.15) is 0 Å². The first-order valence-corrected chi connectivity index (χ1v) is 5.05. The molecule has 2 rings (SSSR count). The number of likely N-dealkylation sites (tertiary alicyclic amines) is 1. The molecule has 0 radical (unpaired) electrons. The van der Waals surface area contributed by atoms with Crippen LogP contribution in [0.3, 0.4) is 0 Å². The average molecular weight is 153 g/mol. The molecule has 0 amide bonds. The van der Waals surface area contributed by atoms with E-state index in [1.807, 2.05) is 0 Å². The van der Waals surface area contributed by atoms with Gasteiger partial charge in [0.2, 0.25) is 0 Å². The zero-order valence-corrected chi connectivity index (χ0v) is 7.71. The molecular formula is C10H19N. The van der Waals surface area contributed by atoms with Crippen LogP contribution in [0.15, 0.2) is 0 Å². The number of hydrogen-bond acceptors (Lipinski definition) is 1. The summed E-state index contributed by atoms with van der Waals surface area (Å²) in [6.45, 7) is 7.48. The second-order valence-corrected chi connectivity index (χ2v) is 4.31. The van der Waals surface area contributed by atoms with Crippen LogP contribution in [0.2, 0.25) is 0 Å². The van der Waals surface area contributed by atoms with Gasteiger partial charge in [0.15, 0.2) is 0 Å². The first-order valence-electron chi connectivity index (χ1n) is 5.05. The molecule has 0 bridgehead atoms. The van der Waals surface area contributed by atoms with Crippen molar-refractivity contribution in [2.45, 2.75) is 39.2 Å². The quantitative estimate of drug-likeness (QED) is 0.600. The molecule has 0 aromatic carbocycles. The highest BCUT2D eigenvalue weighted by Crippen LogP contribution is 2.37. The van der Waals surface area contributed by atoms with Crippen molar-refractivity contribution in [1.29, 1.82) is 0 Å². The molecule has 1 saturated carbocycles. The van der Waals surface area contributed by atoms with E-state index in [-0.39, 0.29) is 0 Å². The minimum Gasteiger partial charge on any atom is -0.300 e. The van der Waals surface area contributed by atoms with Crippen molar-refractivity contribution in [2.24, 2.45) is 11.8 Å². The Morgan fingerprint density at radius 3 is 2.45 bits per heavy atom. The molecular weight excluding hydrogens is 134 g/mol. The fourth-order valence-corrected chi connectivity index (χ4v) is 2.08. The highest BCUT2D eigenvalue weighted by Gasteiger charge is 2.37. The van der Waals surface area contributed by atoms with Gasteiger partial charge in [-0.05, 0) is 31.6 Å². The zero-order chi connectivity index (χ0) is 7.84. The fourth-order valence-electron chi connectivity index (χ4n) is 2.08. The van der Waals surface area contributed by atoms with Crippen LogP contribution in [0.1, 0.15) is 33.1 Å². The van der Waals surface area contributed by atoms with E-state index < -0.39 is 0 Å². The predicted molar refractivity (Wildman–Crippen MR) is 47.5 cm³/mol. The molecule has 1 saturated heterocycles. The Labute approximate surface area is 69.8 Å². The molecule has 1 heteroatoms. The number of hydrogen-bond donors (Lipinski definition) is 0. The van der Waals surface area contributed by atoms with E-state index in [4.69, 9.17) is 0 Å². The third kappa shape index (κ3) is 1.44. The van der Waals surface area contributed by atoms with Gasteiger partial charge < -0.3 is 0 Å². The Hall–Kier alpha value is -0.0400. The molecule has 1 atom stereocenters. The molecule has 1 aliphatic heterocycles. The third-order valence-electron chi connectivity index (χ3n) is 3.44. The molecule has 2 fully saturated rings. The summed E-state index contributed by atoms with van der Waals surface area (Å²) in [6, 6.07) is 0.901. The maximum atomic E-state index is 2.66. The average Bonchev–Trinajstić information content (AvgIpc) is 2.65. The topological polar surface area (TPSA) is 3.24 Å². The van der Waals surface area contributed by atoms with E-state index in [0.717, 1.165) is 17.9 Å². The molecule has 0 N–H and O–H groups in total. The van der Waals surface area contributed by atoms with Gasteiger partial charge in [0.1, 0.15) is 0 Å². The van der Waals surface area contributed by atoms with Gasteiger partial charge in [-0.25, -0.2) is 0 Å². The second kappa shape index (κ2) is 2.78. The molecule has 0 aromatic rings. The minimum absolute atomic E-state index is 0.901. The Morgan fingerprint density at radius 1 is 1.36 bits per heavy atom. The van der Waals surface area contributed by atoms with Crippen LogP contribution >= 0.6 is 0 Å². The van der Waals surface area contributed by atoms with Crippen molar-refractivity contribution in [3.63, 3.8) is 0 Å². The second-order valence-electron chi connectivity index (χ2n) is 4.31. The van der Waals surface area contributed by atoms with Crippen molar-refractivity contribution in [3.8, 4) is 0 Å². The lowest BCUT2D eigenvalue weighted by atomic mass is 9.94. The lowest BCUT2D eigenvalue weighted by molar-refractivity contribution is 0.0488. The maximum Gasteiger partial charge on any atom is 0.00954 e. The first-order chi connectivity index (χ1) is 5.31. The molecule has 0 spiro atoms. The van der Waals surface area contributed by atoms with E-state index in [0.29, 0.717) is 0 Å². The third-order valence-corrected chi connectivity index (χ3v) is 3.44. The summed E-state index contributed by atoms with van der Waals surface area (Å²) in [7, 11) is 0. The molecule has 0 aromatic heterocycles. The Bertz CT molecular complexity index is 134. The fraction of sp³-hybridized carbons (Fsp3) is 1.00. The number of rotatable bonds is 3. The van der Waals surface area contributed by atoms with Crippen LogP contribution < -0.4 is 0 Å². The lowest BCUT2D eigenvalue weighted by Crippen LogP contribution is -2.51. The van der Waals surface area contributed by atoms with Gasteiger partial charge in [0.05, 0.1) is 0 Å². The van der Waals surface area contributed by atoms with Gasteiger partial charge in [-0.1, -0.05) is 13.3 Å². The SMILES string of the molecule is CCC1CN(C(C)C2CC2)C1. The summed E-state index contributed by atoms with van der Waals surface area (Å²) in [6.07, 6.45) is 4.37. The van der Waals surface area contributed by atoms with E-state index in [2.05, 4.69) is 18.7 Å². The van der Waals surface area contributed by atoms with E-state index in [1.54, 1.807) is 0 Å². The standard InChI is InChI=1S/C10H19N/c1-3-9-6-11(7-9)8(2)10-4-5-10/h8-10H,3-7H2,1-2H3. The smallest absolute Gasteiger partial charge is 0.00954 e. The van der Waals surface area contributed by atoms with Crippen LogP contribution in [0.4, 0.5) is 0 Å². The molecule has 2 aliphatic rings. The van der Waals surface area contributed by atoms with Crippen molar-refractivity contribution < 1.29 is 0 Å². The monoisotopic (exact) mass is 153 g/mol. The highest BCUT2D eigenvalue weighted by molar-refractivity contribution is 4.90. The van der Waals surface area contributed by atoms with Gasteiger partial charge >= 0.3 is 0 Å². The molecule has 1 unspecified atom stereocenters. The van der Waals surface area contributed by atoms with E-state index in [1.165, 1.54) is 32.4 Å². The molecule has 1 aliphatic carbocycles. The van der Waals surface area contributed by atoms with Crippen LogP contribution in [0.5, 0.6) is 0 Å². The van der Waals surface area contributed by atoms with Gasteiger partial charge in [-0.15, -0.1) is 0 Å². The Morgan fingerprint density at radius 2 is 2.00 bits per heavy atom. The highest BCUT2D eigenvalue weighted by atomic mass is 15.2. The summed E-state index contributed by atoms with van der Waals surface area (Å²) < 4.78 is 0. The van der Waals surface area contributed by atoms with Crippen molar-refractivity contribution in [2.75, 3.05) is 13.1 Å². The van der Waals surface area contributed by atoms with Crippen molar-refractivity contribution in [3.05, 3.63) is 0 Å². The summed E-state index contributed by atoms with van der Waals surface area (Å²) in [5.41, 5.74) is 0. The predicted octanol–water partition coefficient (Wildman–Crippen LogP) is 2.13. The lowest BCUT2D eigenvalue weighted by Gasteiger charge is -2.43. The minimum atomic E-state index is 0.901. The summed E-state index contributed by atoms with van der Waals surface area (Å²) in [5, 5.41) is 0. The normalized spacial score (nSPS) is 30.0. The van der Waals surface area contributed by atoms with Crippen molar-refractivity contribution in [1.82, 2.24) is 4.90 Å². The van der Waals surface area contributed by atoms with E-state index >= 15 is 0 Å². The van der Waals surface area contributed by atoms with Crippen LogP contribution in [0, 0.1) is 11.8 Å². The molecule has 1 heterocycles.